The zero-order valence-corrected chi connectivity index (χ0v) is 11.1. The first-order valence-electron chi connectivity index (χ1n) is 5.82. The Labute approximate surface area is 109 Å². The van der Waals surface area contributed by atoms with Crippen LogP contribution < -0.4 is 10.2 Å². The van der Waals surface area contributed by atoms with Crippen molar-refractivity contribution in [3.8, 4) is 0 Å². The fourth-order valence-electron chi connectivity index (χ4n) is 1.89. The third-order valence-corrected chi connectivity index (χ3v) is 3.69. The van der Waals surface area contributed by atoms with E-state index in [9.17, 15) is 0 Å². The van der Waals surface area contributed by atoms with Crippen LogP contribution in [0.25, 0.3) is 0 Å². The van der Waals surface area contributed by atoms with Gasteiger partial charge in [-0.3, -0.25) is 0 Å². The highest BCUT2D eigenvalue weighted by molar-refractivity contribution is 7.15. The zero-order valence-electron chi connectivity index (χ0n) is 10.3. The minimum Gasteiger partial charge on any atom is -0.364 e. The summed E-state index contributed by atoms with van der Waals surface area (Å²) in [6.07, 6.45) is 1.77. The van der Waals surface area contributed by atoms with Crippen LogP contribution in [0.4, 0.5) is 10.9 Å². The number of nitrogens with zero attached hydrogens (tertiary/aromatic N) is 5. The molecular formula is C11H14N6S. The van der Waals surface area contributed by atoms with Gasteiger partial charge in [0.05, 0.1) is 6.04 Å². The Morgan fingerprint density at radius 3 is 2.83 bits per heavy atom. The number of anilines is 2. The number of aromatic nitrogens is 4. The van der Waals surface area contributed by atoms with E-state index < -0.39 is 0 Å². The van der Waals surface area contributed by atoms with E-state index in [4.69, 9.17) is 0 Å². The molecule has 1 aliphatic rings. The van der Waals surface area contributed by atoms with Crippen LogP contribution in [0.3, 0.4) is 0 Å². The molecule has 0 unspecified atom stereocenters. The van der Waals surface area contributed by atoms with Crippen LogP contribution in [0, 0.1) is 13.8 Å². The summed E-state index contributed by atoms with van der Waals surface area (Å²) >= 11 is 1.63. The van der Waals surface area contributed by atoms with Crippen molar-refractivity contribution in [2.24, 2.45) is 0 Å². The summed E-state index contributed by atoms with van der Waals surface area (Å²) < 4.78 is 0. The molecule has 1 aliphatic heterocycles. The van der Waals surface area contributed by atoms with Gasteiger partial charge in [0.15, 0.2) is 0 Å². The molecule has 2 aromatic rings. The van der Waals surface area contributed by atoms with Gasteiger partial charge in [0.2, 0.25) is 5.13 Å². The average Bonchev–Trinajstić information content (AvgIpc) is 2.69. The minimum atomic E-state index is 0.420. The molecule has 0 aliphatic carbocycles. The molecule has 0 amide bonds. The van der Waals surface area contributed by atoms with Crippen LogP contribution in [-0.4, -0.2) is 39.3 Å². The SMILES string of the molecule is Cc1nccc(NC2CN(c3nnc(C)s3)C2)n1. The molecule has 1 saturated heterocycles. The van der Waals surface area contributed by atoms with Crippen LogP contribution in [0.15, 0.2) is 12.3 Å². The molecule has 2 aromatic heterocycles. The highest BCUT2D eigenvalue weighted by Crippen LogP contribution is 2.25. The second-order valence-corrected chi connectivity index (χ2v) is 5.50. The number of rotatable bonds is 3. The summed E-state index contributed by atoms with van der Waals surface area (Å²) in [7, 11) is 0. The summed E-state index contributed by atoms with van der Waals surface area (Å²) in [5.74, 6) is 1.68. The molecule has 3 rings (SSSR count). The lowest BCUT2D eigenvalue weighted by atomic mass is 10.1. The van der Waals surface area contributed by atoms with Gasteiger partial charge in [-0.05, 0) is 19.9 Å². The summed E-state index contributed by atoms with van der Waals surface area (Å²) in [6, 6.07) is 2.31. The van der Waals surface area contributed by atoms with Gasteiger partial charge in [-0.2, -0.15) is 0 Å². The Bertz CT molecular complexity index is 548. The largest absolute Gasteiger partial charge is 0.364 e. The van der Waals surface area contributed by atoms with Gasteiger partial charge in [-0.15, -0.1) is 10.2 Å². The molecule has 0 spiro atoms. The number of aryl methyl sites for hydroxylation is 2. The van der Waals surface area contributed by atoms with E-state index in [0.29, 0.717) is 6.04 Å². The molecule has 0 radical (unpaired) electrons. The third kappa shape index (κ3) is 2.26. The maximum atomic E-state index is 4.33. The maximum absolute atomic E-state index is 4.33. The molecule has 1 fully saturated rings. The molecule has 3 heterocycles. The first kappa shape index (κ1) is 11.3. The number of nitrogens with one attached hydrogen (secondary N) is 1. The van der Waals surface area contributed by atoms with Crippen molar-refractivity contribution in [3.05, 3.63) is 23.1 Å². The van der Waals surface area contributed by atoms with Gasteiger partial charge in [-0.25, -0.2) is 9.97 Å². The van der Waals surface area contributed by atoms with Crippen molar-refractivity contribution in [1.82, 2.24) is 20.2 Å². The van der Waals surface area contributed by atoms with Gasteiger partial charge in [0.25, 0.3) is 0 Å². The quantitative estimate of drug-likeness (QED) is 0.898. The molecule has 6 nitrogen and oxygen atoms in total. The lowest BCUT2D eigenvalue weighted by Crippen LogP contribution is -2.55. The second-order valence-electron chi connectivity index (χ2n) is 4.34. The summed E-state index contributed by atoms with van der Waals surface area (Å²) in [5, 5.41) is 13.6. The third-order valence-electron chi connectivity index (χ3n) is 2.80. The molecular weight excluding hydrogens is 248 g/mol. The van der Waals surface area contributed by atoms with E-state index in [1.165, 1.54) is 0 Å². The summed E-state index contributed by atoms with van der Waals surface area (Å²) in [4.78, 5) is 10.6. The second kappa shape index (κ2) is 4.49. The van der Waals surface area contributed by atoms with E-state index >= 15 is 0 Å². The molecule has 0 atom stereocenters. The monoisotopic (exact) mass is 262 g/mol. The number of hydrogen-bond acceptors (Lipinski definition) is 7. The lowest BCUT2D eigenvalue weighted by Gasteiger charge is -2.39. The Morgan fingerprint density at radius 1 is 1.33 bits per heavy atom. The Morgan fingerprint density at radius 2 is 2.17 bits per heavy atom. The first-order valence-corrected chi connectivity index (χ1v) is 6.63. The van der Waals surface area contributed by atoms with Crippen LogP contribution in [0.2, 0.25) is 0 Å². The Hall–Kier alpha value is -1.76. The van der Waals surface area contributed by atoms with Gasteiger partial charge < -0.3 is 10.2 Å². The van der Waals surface area contributed by atoms with Gasteiger partial charge in [-0.1, -0.05) is 11.3 Å². The average molecular weight is 262 g/mol. The smallest absolute Gasteiger partial charge is 0.208 e. The van der Waals surface area contributed by atoms with Crippen molar-refractivity contribution in [2.75, 3.05) is 23.3 Å². The fraction of sp³-hybridized carbons (Fsp3) is 0.455. The van der Waals surface area contributed by atoms with E-state index in [1.807, 2.05) is 19.9 Å². The summed E-state index contributed by atoms with van der Waals surface area (Å²) in [5.41, 5.74) is 0. The van der Waals surface area contributed by atoms with Crippen LogP contribution in [-0.2, 0) is 0 Å². The molecule has 0 saturated carbocycles. The lowest BCUT2D eigenvalue weighted by molar-refractivity contribution is 0.545. The fourth-order valence-corrected chi connectivity index (χ4v) is 2.59. The van der Waals surface area contributed by atoms with E-state index in [2.05, 4.69) is 30.4 Å². The van der Waals surface area contributed by atoms with Gasteiger partial charge >= 0.3 is 0 Å². The van der Waals surface area contributed by atoms with E-state index in [-0.39, 0.29) is 0 Å². The van der Waals surface area contributed by atoms with Crippen LogP contribution in [0.1, 0.15) is 10.8 Å². The Kier molecular flexibility index (Phi) is 2.83. The molecule has 0 aromatic carbocycles. The van der Waals surface area contributed by atoms with Crippen LogP contribution >= 0.6 is 11.3 Å². The molecule has 7 heteroatoms. The number of hydrogen-bond donors (Lipinski definition) is 1. The highest BCUT2D eigenvalue weighted by atomic mass is 32.1. The predicted molar refractivity (Wildman–Crippen MR) is 71.0 cm³/mol. The first-order chi connectivity index (χ1) is 8.70. The molecule has 0 bridgehead atoms. The van der Waals surface area contributed by atoms with Crippen LogP contribution in [0.5, 0.6) is 0 Å². The van der Waals surface area contributed by atoms with Crippen molar-refractivity contribution in [2.45, 2.75) is 19.9 Å². The predicted octanol–water partition coefficient (Wildman–Crippen LogP) is 1.25. The minimum absolute atomic E-state index is 0.420. The highest BCUT2D eigenvalue weighted by Gasteiger charge is 2.29. The molecule has 18 heavy (non-hydrogen) atoms. The van der Waals surface area contributed by atoms with Gasteiger partial charge in [0.1, 0.15) is 16.6 Å². The summed E-state index contributed by atoms with van der Waals surface area (Å²) in [6.45, 7) is 5.75. The van der Waals surface area contributed by atoms with Crippen molar-refractivity contribution in [1.29, 1.82) is 0 Å². The van der Waals surface area contributed by atoms with Crippen molar-refractivity contribution >= 4 is 22.3 Å². The maximum Gasteiger partial charge on any atom is 0.208 e. The van der Waals surface area contributed by atoms with E-state index in [0.717, 1.165) is 34.9 Å². The van der Waals surface area contributed by atoms with Crippen molar-refractivity contribution in [3.63, 3.8) is 0 Å². The topological polar surface area (TPSA) is 66.8 Å². The zero-order chi connectivity index (χ0) is 12.5. The van der Waals surface area contributed by atoms with Crippen molar-refractivity contribution < 1.29 is 0 Å². The van der Waals surface area contributed by atoms with E-state index in [1.54, 1.807) is 17.5 Å². The normalized spacial score (nSPS) is 15.6. The molecule has 94 valence electrons. The van der Waals surface area contributed by atoms with Gasteiger partial charge in [0, 0.05) is 19.3 Å². The molecule has 1 N–H and O–H groups in total. The standard InChI is InChI=1S/C11H14N6S/c1-7-12-4-3-10(13-7)14-9-5-17(6-9)11-16-15-8(2)18-11/h3-4,9H,5-6H2,1-2H3,(H,12,13,14). The Balaban J connectivity index is 1.56.